The van der Waals surface area contributed by atoms with Crippen molar-refractivity contribution in [1.29, 1.82) is 0 Å². The predicted molar refractivity (Wildman–Crippen MR) is 114 cm³/mol. The molecule has 0 saturated carbocycles. The second-order valence-electron chi connectivity index (χ2n) is 8.05. The van der Waals surface area contributed by atoms with Crippen LogP contribution < -0.4 is 10.6 Å². The molecule has 4 nitrogen and oxygen atoms in total. The number of benzene rings is 1. The lowest BCUT2D eigenvalue weighted by molar-refractivity contribution is 0.107. The molecule has 0 radical (unpaired) electrons. The Labute approximate surface area is 164 Å². The van der Waals surface area contributed by atoms with Gasteiger partial charge in [-0.1, -0.05) is 24.3 Å². The van der Waals surface area contributed by atoms with Gasteiger partial charge in [0, 0.05) is 37.8 Å². The quantitative estimate of drug-likeness (QED) is 0.427. The second-order valence-corrected chi connectivity index (χ2v) is 8.05. The normalized spacial score (nSPS) is 16.2. The summed E-state index contributed by atoms with van der Waals surface area (Å²) in [6.45, 7) is 14.0. The average Bonchev–Trinajstić information content (AvgIpc) is 2.50. The maximum absolute atomic E-state index is 4.33. The first kappa shape index (κ1) is 21.2. The zero-order chi connectivity index (χ0) is 17.1. The molecule has 0 aromatic heterocycles. The van der Waals surface area contributed by atoms with Gasteiger partial charge >= 0.3 is 0 Å². The lowest BCUT2D eigenvalue weighted by atomic mass is 9.94. The van der Waals surface area contributed by atoms with E-state index >= 15 is 0 Å². The molecule has 1 heterocycles. The van der Waals surface area contributed by atoms with Crippen LogP contribution in [0, 0.1) is 0 Å². The molecule has 0 fully saturated rings. The number of rotatable bonds is 3. The Hall–Kier alpha value is -0.820. The Morgan fingerprint density at radius 3 is 2.33 bits per heavy atom. The molecule has 0 aliphatic carbocycles. The minimum absolute atomic E-state index is 0. The Morgan fingerprint density at radius 2 is 1.75 bits per heavy atom. The van der Waals surface area contributed by atoms with E-state index in [1.807, 2.05) is 7.05 Å². The van der Waals surface area contributed by atoms with E-state index in [4.69, 9.17) is 0 Å². The van der Waals surface area contributed by atoms with Gasteiger partial charge in [-0.3, -0.25) is 9.89 Å². The van der Waals surface area contributed by atoms with E-state index in [2.05, 4.69) is 79.4 Å². The van der Waals surface area contributed by atoms with Crippen molar-refractivity contribution < 1.29 is 0 Å². The highest BCUT2D eigenvalue weighted by molar-refractivity contribution is 14.0. The Balaban J connectivity index is 0.00000288. The first-order valence-corrected chi connectivity index (χ1v) is 8.52. The van der Waals surface area contributed by atoms with E-state index in [0.717, 1.165) is 32.0 Å². The van der Waals surface area contributed by atoms with Crippen LogP contribution in [0.3, 0.4) is 0 Å². The smallest absolute Gasteiger partial charge is 0.191 e. The summed E-state index contributed by atoms with van der Waals surface area (Å²) in [6, 6.07) is 8.80. The predicted octanol–water partition coefficient (Wildman–Crippen LogP) is 3.40. The summed E-state index contributed by atoms with van der Waals surface area (Å²) in [5.74, 6) is 0.864. The van der Waals surface area contributed by atoms with Crippen molar-refractivity contribution in [2.75, 3.05) is 20.1 Å². The molecule has 1 aromatic carbocycles. The SMILES string of the molecule is CN=C(NCC(C)(C)N1CCc2ccccc2C1)NC(C)(C)C.I. The number of fused-ring (bicyclic) bond motifs is 1. The molecule has 1 aromatic rings. The molecule has 2 rings (SSSR count). The van der Waals surface area contributed by atoms with Gasteiger partial charge in [-0.05, 0) is 52.2 Å². The van der Waals surface area contributed by atoms with E-state index in [-0.39, 0.29) is 35.1 Å². The average molecular weight is 444 g/mol. The maximum atomic E-state index is 4.33. The standard InChI is InChI=1S/C19H32N4.HI/c1-18(2,3)22-17(20-6)21-14-19(4,5)23-12-11-15-9-7-8-10-16(15)13-23;/h7-10H,11-14H2,1-6H3,(H2,20,21,22);1H. The highest BCUT2D eigenvalue weighted by Crippen LogP contribution is 2.24. The fourth-order valence-electron chi connectivity index (χ4n) is 2.96. The Kier molecular flexibility index (Phi) is 7.53. The third kappa shape index (κ3) is 5.92. The van der Waals surface area contributed by atoms with Gasteiger partial charge in [-0.25, -0.2) is 0 Å². The molecular formula is C19H33IN4. The largest absolute Gasteiger partial charge is 0.355 e. The molecular weight excluding hydrogens is 411 g/mol. The van der Waals surface area contributed by atoms with Gasteiger partial charge in [0.25, 0.3) is 0 Å². The van der Waals surface area contributed by atoms with Crippen LogP contribution in [0.4, 0.5) is 0 Å². The van der Waals surface area contributed by atoms with Gasteiger partial charge in [0.05, 0.1) is 0 Å². The van der Waals surface area contributed by atoms with Crippen molar-refractivity contribution >= 4 is 29.9 Å². The van der Waals surface area contributed by atoms with Crippen LogP contribution in [0.2, 0.25) is 0 Å². The minimum Gasteiger partial charge on any atom is -0.355 e. The van der Waals surface area contributed by atoms with Crippen molar-refractivity contribution in [3.8, 4) is 0 Å². The molecule has 136 valence electrons. The summed E-state index contributed by atoms with van der Waals surface area (Å²) in [4.78, 5) is 6.90. The van der Waals surface area contributed by atoms with E-state index in [1.54, 1.807) is 0 Å². The highest BCUT2D eigenvalue weighted by Gasteiger charge is 2.30. The van der Waals surface area contributed by atoms with Gasteiger partial charge in [0.2, 0.25) is 0 Å². The Morgan fingerprint density at radius 1 is 1.12 bits per heavy atom. The van der Waals surface area contributed by atoms with Crippen LogP contribution >= 0.6 is 24.0 Å². The maximum Gasteiger partial charge on any atom is 0.191 e. The molecule has 0 amide bonds. The lowest BCUT2D eigenvalue weighted by Gasteiger charge is -2.42. The van der Waals surface area contributed by atoms with Crippen LogP contribution in [0.5, 0.6) is 0 Å². The van der Waals surface area contributed by atoms with E-state index in [9.17, 15) is 0 Å². The third-order valence-electron chi connectivity index (χ3n) is 4.39. The van der Waals surface area contributed by atoms with Crippen molar-refractivity contribution in [3.05, 3.63) is 35.4 Å². The second kappa shape index (κ2) is 8.52. The summed E-state index contributed by atoms with van der Waals surface area (Å²) >= 11 is 0. The van der Waals surface area contributed by atoms with E-state index in [0.29, 0.717) is 0 Å². The van der Waals surface area contributed by atoms with Crippen LogP contribution in [-0.4, -0.2) is 42.1 Å². The number of hydrogen-bond donors (Lipinski definition) is 2. The first-order chi connectivity index (χ1) is 10.7. The molecule has 24 heavy (non-hydrogen) atoms. The van der Waals surface area contributed by atoms with Gasteiger partial charge in [0.15, 0.2) is 5.96 Å². The van der Waals surface area contributed by atoms with Gasteiger partial charge < -0.3 is 10.6 Å². The van der Waals surface area contributed by atoms with Crippen LogP contribution in [0.25, 0.3) is 0 Å². The first-order valence-electron chi connectivity index (χ1n) is 8.52. The van der Waals surface area contributed by atoms with Crippen molar-refractivity contribution in [3.63, 3.8) is 0 Å². The van der Waals surface area contributed by atoms with Gasteiger partial charge in [-0.15, -0.1) is 24.0 Å². The molecule has 0 atom stereocenters. The molecule has 0 saturated heterocycles. The molecule has 1 aliphatic heterocycles. The van der Waals surface area contributed by atoms with Crippen LogP contribution in [-0.2, 0) is 13.0 Å². The zero-order valence-electron chi connectivity index (χ0n) is 15.9. The summed E-state index contributed by atoms with van der Waals surface area (Å²) < 4.78 is 0. The molecule has 2 N–H and O–H groups in total. The molecule has 5 heteroatoms. The van der Waals surface area contributed by atoms with Gasteiger partial charge in [-0.2, -0.15) is 0 Å². The van der Waals surface area contributed by atoms with Gasteiger partial charge in [0.1, 0.15) is 0 Å². The number of halogens is 1. The molecule has 0 bridgehead atoms. The van der Waals surface area contributed by atoms with Crippen LogP contribution in [0.15, 0.2) is 29.3 Å². The number of hydrogen-bond acceptors (Lipinski definition) is 2. The number of guanidine groups is 1. The molecule has 0 unspecified atom stereocenters. The minimum atomic E-state index is 0. The highest BCUT2D eigenvalue weighted by atomic mass is 127. The monoisotopic (exact) mass is 444 g/mol. The summed E-state index contributed by atoms with van der Waals surface area (Å²) in [5.41, 5.74) is 3.04. The summed E-state index contributed by atoms with van der Waals surface area (Å²) in [6.07, 6.45) is 1.13. The van der Waals surface area contributed by atoms with Crippen molar-refractivity contribution in [1.82, 2.24) is 15.5 Å². The number of nitrogens with zero attached hydrogens (tertiary/aromatic N) is 2. The molecule has 1 aliphatic rings. The Bertz CT molecular complexity index is 561. The van der Waals surface area contributed by atoms with Crippen LogP contribution in [0.1, 0.15) is 45.7 Å². The van der Waals surface area contributed by atoms with E-state index in [1.165, 1.54) is 11.1 Å². The molecule has 0 spiro atoms. The zero-order valence-corrected chi connectivity index (χ0v) is 18.3. The fraction of sp³-hybridized carbons (Fsp3) is 0.632. The van der Waals surface area contributed by atoms with E-state index < -0.39 is 0 Å². The van der Waals surface area contributed by atoms with Crippen molar-refractivity contribution in [2.45, 2.75) is 58.7 Å². The van der Waals surface area contributed by atoms with Crippen molar-refractivity contribution in [2.24, 2.45) is 4.99 Å². The number of aliphatic imine (C=N–C) groups is 1. The fourth-order valence-corrected chi connectivity index (χ4v) is 2.96. The lowest BCUT2D eigenvalue weighted by Crippen LogP contribution is -2.56. The summed E-state index contributed by atoms with van der Waals surface area (Å²) in [7, 11) is 1.82. The summed E-state index contributed by atoms with van der Waals surface area (Å²) in [5, 5.41) is 6.90. The number of nitrogens with one attached hydrogen (secondary N) is 2. The third-order valence-corrected chi connectivity index (χ3v) is 4.39. The topological polar surface area (TPSA) is 39.7 Å².